The van der Waals surface area contributed by atoms with Gasteiger partial charge >= 0.3 is 12.1 Å². The Morgan fingerprint density at radius 2 is 1.56 bits per heavy atom. The third-order valence-electron chi connectivity index (χ3n) is 6.88. The molecule has 1 unspecified atom stereocenters. The molecule has 10 heteroatoms. The highest BCUT2D eigenvalue weighted by atomic mass is 35.5. The van der Waals surface area contributed by atoms with Gasteiger partial charge in [-0.3, -0.25) is 14.4 Å². The van der Waals surface area contributed by atoms with Crippen LogP contribution in [-0.2, 0) is 14.3 Å². The van der Waals surface area contributed by atoms with Crippen molar-refractivity contribution < 1.29 is 29.0 Å². The summed E-state index contributed by atoms with van der Waals surface area (Å²) in [5.41, 5.74) is 5.47. The molecule has 0 saturated carbocycles. The van der Waals surface area contributed by atoms with Crippen LogP contribution in [0.1, 0.15) is 45.0 Å². The summed E-state index contributed by atoms with van der Waals surface area (Å²) < 4.78 is 5.50. The fourth-order valence-corrected chi connectivity index (χ4v) is 6.00. The summed E-state index contributed by atoms with van der Waals surface area (Å²) in [7, 11) is 0. The van der Waals surface area contributed by atoms with Crippen molar-refractivity contribution in [2.45, 2.75) is 25.3 Å². The number of hydrogen-bond donors (Lipinski definition) is 3. The minimum absolute atomic E-state index is 0.00509. The van der Waals surface area contributed by atoms with Crippen LogP contribution < -0.4 is 10.6 Å². The highest BCUT2D eigenvalue weighted by molar-refractivity contribution is 7.15. The number of anilines is 1. The first kappa shape index (κ1) is 28.1. The van der Waals surface area contributed by atoms with Gasteiger partial charge in [0.2, 0.25) is 5.91 Å². The van der Waals surface area contributed by atoms with Gasteiger partial charge in [0.15, 0.2) is 5.78 Å². The van der Waals surface area contributed by atoms with E-state index >= 15 is 0 Å². The summed E-state index contributed by atoms with van der Waals surface area (Å²) in [4.78, 5) is 50.7. The van der Waals surface area contributed by atoms with Crippen molar-refractivity contribution in [1.29, 1.82) is 0 Å². The van der Waals surface area contributed by atoms with Crippen molar-refractivity contribution in [1.82, 2.24) is 5.32 Å². The van der Waals surface area contributed by atoms with E-state index in [1.807, 2.05) is 48.5 Å². The molecular formula is C31H25ClN2O6S. The number of alkyl carbamates (subject to hydrolysis) is 1. The van der Waals surface area contributed by atoms with Crippen molar-refractivity contribution in [2.24, 2.45) is 0 Å². The SMILES string of the molecule is Cc1csc(NC(=O)C(CC(=O)O)NC(=O)OCC2c3ccccc3-c3ccccc32)c1C(=O)c1ccc(Cl)cc1. The lowest BCUT2D eigenvalue weighted by atomic mass is 9.98. The van der Waals surface area contributed by atoms with Gasteiger partial charge in [-0.05, 0) is 64.4 Å². The molecule has 0 bridgehead atoms. The van der Waals surface area contributed by atoms with Crippen LogP contribution in [0.5, 0.6) is 0 Å². The molecule has 0 aliphatic heterocycles. The molecule has 4 aromatic rings. The monoisotopic (exact) mass is 588 g/mol. The molecule has 0 fully saturated rings. The average molecular weight is 589 g/mol. The van der Waals surface area contributed by atoms with Crippen LogP contribution in [0.2, 0.25) is 5.02 Å². The third-order valence-corrected chi connectivity index (χ3v) is 8.14. The maximum absolute atomic E-state index is 13.2. The van der Waals surface area contributed by atoms with Crippen LogP contribution >= 0.6 is 22.9 Å². The largest absolute Gasteiger partial charge is 0.481 e. The summed E-state index contributed by atoms with van der Waals surface area (Å²) in [6.07, 6.45) is -1.60. The van der Waals surface area contributed by atoms with Crippen LogP contribution in [0.4, 0.5) is 9.80 Å². The number of ketones is 1. The van der Waals surface area contributed by atoms with Crippen LogP contribution in [0.15, 0.2) is 78.2 Å². The topological polar surface area (TPSA) is 122 Å². The number of fused-ring (bicyclic) bond motifs is 3. The number of carboxylic acids is 1. The summed E-state index contributed by atoms with van der Waals surface area (Å²) >= 11 is 7.07. The Hall–Kier alpha value is -4.47. The summed E-state index contributed by atoms with van der Waals surface area (Å²) in [6.45, 7) is 1.74. The number of carbonyl (C=O) groups is 4. The molecule has 8 nitrogen and oxygen atoms in total. The molecular weight excluding hydrogens is 564 g/mol. The first-order valence-corrected chi connectivity index (χ1v) is 14.0. The van der Waals surface area contributed by atoms with Gasteiger partial charge in [-0.1, -0.05) is 60.1 Å². The highest BCUT2D eigenvalue weighted by Gasteiger charge is 2.31. The van der Waals surface area contributed by atoms with Gasteiger partial charge in [-0.25, -0.2) is 4.79 Å². The van der Waals surface area contributed by atoms with E-state index in [1.54, 1.807) is 36.6 Å². The number of rotatable bonds is 9. The van der Waals surface area contributed by atoms with Gasteiger partial charge < -0.3 is 20.5 Å². The molecule has 1 atom stereocenters. The molecule has 0 saturated heterocycles. The van der Waals surface area contributed by atoms with E-state index in [1.165, 1.54) is 0 Å². The number of halogens is 1. The lowest BCUT2D eigenvalue weighted by Crippen LogP contribution is -2.45. The Morgan fingerprint density at radius 1 is 0.951 bits per heavy atom. The summed E-state index contributed by atoms with van der Waals surface area (Å²) in [5.74, 6) is -2.60. The number of benzene rings is 3. The average Bonchev–Trinajstić information content (AvgIpc) is 3.48. The number of hydrogen-bond acceptors (Lipinski definition) is 6. The van der Waals surface area contributed by atoms with E-state index in [-0.39, 0.29) is 28.9 Å². The first-order valence-electron chi connectivity index (χ1n) is 12.8. The molecule has 3 N–H and O–H groups in total. The second-order valence-electron chi connectivity index (χ2n) is 9.57. The van der Waals surface area contributed by atoms with Crippen molar-refractivity contribution in [3.05, 3.63) is 111 Å². The number of carboxylic acid groups (broad SMARTS) is 1. The van der Waals surface area contributed by atoms with Gasteiger partial charge in [-0.2, -0.15) is 0 Å². The molecule has 3 aromatic carbocycles. The lowest BCUT2D eigenvalue weighted by Gasteiger charge is -2.19. The summed E-state index contributed by atoms with van der Waals surface area (Å²) in [6, 6.07) is 20.6. The van der Waals surface area contributed by atoms with E-state index in [4.69, 9.17) is 16.3 Å². The second-order valence-corrected chi connectivity index (χ2v) is 10.9. The number of nitrogens with one attached hydrogen (secondary N) is 2. The van der Waals surface area contributed by atoms with Gasteiger partial charge in [-0.15, -0.1) is 11.3 Å². The summed E-state index contributed by atoms with van der Waals surface area (Å²) in [5, 5.41) is 16.9. The Morgan fingerprint density at radius 3 is 2.17 bits per heavy atom. The zero-order valence-corrected chi connectivity index (χ0v) is 23.4. The van der Waals surface area contributed by atoms with Gasteiger partial charge in [0.05, 0.1) is 12.0 Å². The van der Waals surface area contributed by atoms with Crippen molar-refractivity contribution in [3.8, 4) is 11.1 Å². The second kappa shape index (κ2) is 12.0. The quantitative estimate of drug-likeness (QED) is 0.198. The highest BCUT2D eigenvalue weighted by Crippen LogP contribution is 2.44. The molecule has 1 heterocycles. The Bertz CT molecular complexity index is 1600. The maximum atomic E-state index is 13.2. The smallest absolute Gasteiger partial charge is 0.407 e. The molecule has 1 aromatic heterocycles. The maximum Gasteiger partial charge on any atom is 0.407 e. The fraction of sp³-hybridized carbons (Fsp3) is 0.161. The van der Waals surface area contributed by atoms with Crippen molar-refractivity contribution >= 4 is 51.7 Å². The van der Waals surface area contributed by atoms with Crippen LogP contribution in [-0.4, -0.2) is 41.5 Å². The van der Waals surface area contributed by atoms with E-state index < -0.39 is 30.4 Å². The fourth-order valence-electron chi connectivity index (χ4n) is 4.93. The minimum atomic E-state index is -1.44. The van der Waals surface area contributed by atoms with Crippen LogP contribution in [0.3, 0.4) is 0 Å². The molecule has 2 amide bonds. The molecule has 208 valence electrons. The van der Waals surface area contributed by atoms with Gasteiger partial charge in [0.25, 0.3) is 0 Å². The van der Waals surface area contributed by atoms with E-state index in [0.29, 0.717) is 16.1 Å². The van der Waals surface area contributed by atoms with Crippen LogP contribution in [0.25, 0.3) is 11.1 Å². The molecule has 41 heavy (non-hydrogen) atoms. The Balaban J connectivity index is 1.28. The predicted octanol–water partition coefficient (Wildman–Crippen LogP) is 6.26. The third kappa shape index (κ3) is 6.01. The number of carbonyl (C=O) groups excluding carboxylic acids is 3. The van der Waals surface area contributed by atoms with Gasteiger partial charge in [0, 0.05) is 16.5 Å². The normalized spacial score (nSPS) is 12.6. The molecule has 0 spiro atoms. The van der Waals surface area contributed by atoms with Crippen LogP contribution in [0, 0.1) is 6.92 Å². The zero-order chi connectivity index (χ0) is 29.1. The molecule has 0 radical (unpaired) electrons. The molecule has 1 aliphatic carbocycles. The van der Waals surface area contributed by atoms with Crippen molar-refractivity contribution in [2.75, 3.05) is 11.9 Å². The van der Waals surface area contributed by atoms with E-state index in [2.05, 4.69) is 10.6 Å². The Labute approximate surface area is 244 Å². The molecule has 5 rings (SSSR count). The van der Waals surface area contributed by atoms with Gasteiger partial charge in [0.1, 0.15) is 17.6 Å². The lowest BCUT2D eigenvalue weighted by molar-refractivity contribution is -0.139. The standard InChI is InChI=1S/C31H25ClN2O6S/c1-17-16-41-30(27(17)28(37)18-10-12-19(32)13-11-18)34-29(38)25(14-26(35)36)33-31(39)40-15-24-22-8-4-2-6-20(22)21-7-3-5-9-23(21)24/h2-13,16,24-25H,14-15H2,1H3,(H,33,39)(H,34,38)(H,35,36). The first-order chi connectivity index (χ1) is 19.7. The number of aryl methyl sites for hydroxylation is 1. The zero-order valence-electron chi connectivity index (χ0n) is 21.8. The number of amides is 2. The van der Waals surface area contributed by atoms with E-state index in [0.717, 1.165) is 33.6 Å². The van der Waals surface area contributed by atoms with E-state index in [9.17, 15) is 24.3 Å². The number of aliphatic carboxylic acids is 1. The Kier molecular flexibility index (Phi) is 8.19. The van der Waals surface area contributed by atoms with Crippen molar-refractivity contribution in [3.63, 3.8) is 0 Å². The predicted molar refractivity (Wildman–Crippen MR) is 157 cm³/mol. The minimum Gasteiger partial charge on any atom is -0.481 e. The number of thiophene rings is 1. The number of ether oxygens (including phenoxy) is 1. The molecule has 1 aliphatic rings.